The Morgan fingerprint density at radius 1 is 1.38 bits per heavy atom. The molecule has 0 bridgehead atoms. The van der Waals surface area contributed by atoms with Gasteiger partial charge in [0.05, 0.1) is 5.75 Å². The largest absolute Gasteiger partial charge is 0.459 e. The second-order valence-corrected chi connectivity index (χ2v) is 5.42. The zero-order valence-corrected chi connectivity index (χ0v) is 10.9. The van der Waals surface area contributed by atoms with Crippen molar-refractivity contribution in [2.75, 3.05) is 11.5 Å². The van der Waals surface area contributed by atoms with Crippen LogP contribution >= 0.6 is 11.8 Å². The van der Waals surface area contributed by atoms with Crippen LogP contribution < -0.4 is 11.3 Å². The van der Waals surface area contributed by atoms with Crippen LogP contribution in [0.25, 0.3) is 0 Å². The zero-order chi connectivity index (χ0) is 12.6. The molecule has 3 N–H and O–H groups in total. The van der Waals surface area contributed by atoms with Gasteiger partial charge >= 0.3 is 5.97 Å². The predicted octanol–water partition coefficient (Wildman–Crippen LogP) is 0.831. The maximum Gasteiger partial charge on any atom is 0.316 e. The Hall–Kier alpha value is -0.750. The molecule has 0 heterocycles. The van der Waals surface area contributed by atoms with Gasteiger partial charge in [0.15, 0.2) is 0 Å². The van der Waals surface area contributed by atoms with Gasteiger partial charge in [-0.25, -0.2) is 5.84 Å². The molecule has 0 saturated heterocycles. The fraction of sp³-hybridized carbons (Fsp3) is 0.800. The number of nitrogens with one attached hydrogen (secondary N) is 1. The highest BCUT2D eigenvalue weighted by Crippen LogP contribution is 2.11. The minimum absolute atomic E-state index is 0.183. The van der Waals surface area contributed by atoms with Crippen LogP contribution in [0.4, 0.5) is 0 Å². The minimum Gasteiger partial charge on any atom is -0.459 e. The SMILES string of the molecule is CC(C)(C)OC(=O)CSCCCC(=O)NN. The molecule has 0 aliphatic rings. The number of hydrogen-bond donors (Lipinski definition) is 2. The highest BCUT2D eigenvalue weighted by molar-refractivity contribution is 7.99. The molecule has 0 aromatic carbocycles. The maximum absolute atomic E-state index is 11.3. The van der Waals surface area contributed by atoms with Crippen molar-refractivity contribution in [3.8, 4) is 0 Å². The summed E-state index contributed by atoms with van der Waals surface area (Å²) in [5.74, 6) is 5.58. The summed E-state index contributed by atoms with van der Waals surface area (Å²) in [5.41, 5.74) is 1.62. The van der Waals surface area contributed by atoms with Crippen LogP contribution in [-0.2, 0) is 14.3 Å². The van der Waals surface area contributed by atoms with E-state index in [1.165, 1.54) is 11.8 Å². The van der Waals surface area contributed by atoms with Gasteiger partial charge in [-0.05, 0) is 32.9 Å². The number of ether oxygens (including phenoxy) is 1. The van der Waals surface area contributed by atoms with E-state index in [-0.39, 0.29) is 11.9 Å². The number of amides is 1. The Bertz CT molecular complexity index is 239. The number of carbonyl (C=O) groups is 2. The quantitative estimate of drug-likeness (QED) is 0.239. The highest BCUT2D eigenvalue weighted by atomic mass is 32.2. The molecular weight excluding hydrogens is 228 g/mol. The second-order valence-electron chi connectivity index (χ2n) is 4.31. The van der Waals surface area contributed by atoms with Crippen molar-refractivity contribution in [1.82, 2.24) is 5.43 Å². The van der Waals surface area contributed by atoms with Crippen molar-refractivity contribution in [3.63, 3.8) is 0 Å². The van der Waals surface area contributed by atoms with Crippen LogP contribution in [0.2, 0.25) is 0 Å². The Balaban J connectivity index is 3.45. The molecule has 0 unspecified atom stereocenters. The summed E-state index contributed by atoms with van der Waals surface area (Å²) < 4.78 is 5.13. The Kier molecular flexibility index (Phi) is 7.16. The molecule has 1 amide bonds. The fourth-order valence-corrected chi connectivity index (χ4v) is 1.65. The van der Waals surface area contributed by atoms with Crippen molar-refractivity contribution < 1.29 is 14.3 Å². The number of carbonyl (C=O) groups excluding carboxylic acids is 2. The predicted molar refractivity (Wildman–Crippen MR) is 64.7 cm³/mol. The van der Waals surface area contributed by atoms with E-state index in [2.05, 4.69) is 5.43 Å². The second kappa shape index (κ2) is 7.51. The molecular formula is C10H20N2O3S. The lowest BCUT2D eigenvalue weighted by Gasteiger charge is -2.19. The maximum atomic E-state index is 11.3. The minimum atomic E-state index is -0.433. The summed E-state index contributed by atoms with van der Waals surface area (Å²) in [4.78, 5) is 22.0. The lowest BCUT2D eigenvalue weighted by atomic mass is 10.2. The van der Waals surface area contributed by atoms with E-state index < -0.39 is 5.60 Å². The topological polar surface area (TPSA) is 81.4 Å². The molecule has 0 aliphatic carbocycles. The van der Waals surface area contributed by atoms with Gasteiger partial charge in [-0.1, -0.05) is 0 Å². The summed E-state index contributed by atoms with van der Waals surface area (Å²) in [6.07, 6.45) is 1.09. The van der Waals surface area contributed by atoms with Gasteiger partial charge in [-0.15, -0.1) is 0 Å². The normalized spacial score (nSPS) is 11.0. The third-order valence-corrected chi connectivity index (χ3v) is 2.51. The third kappa shape index (κ3) is 9.79. The van der Waals surface area contributed by atoms with Crippen LogP contribution in [-0.4, -0.2) is 29.0 Å². The van der Waals surface area contributed by atoms with Gasteiger partial charge in [-0.3, -0.25) is 15.0 Å². The van der Waals surface area contributed by atoms with E-state index in [1.807, 2.05) is 20.8 Å². The summed E-state index contributed by atoms with van der Waals surface area (Å²) in [5, 5.41) is 0. The smallest absolute Gasteiger partial charge is 0.316 e. The van der Waals surface area contributed by atoms with E-state index in [1.54, 1.807) is 0 Å². The van der Waals surface area contributed by atoms with Gasteiger partial charge in [-0.2, -0.15) is 11.8 Å². The van der Waals surface area contributed by atoms with Gasteiger partial charge < -0.3 is 4.74 Å². The first-order valence-electron chi connectivity index (χ1n) is 5.14. The molecule has 5 nitrogen and oxygen atoms in total. The van der Waals surface area contributed by atoms with E-state index in [4.69, 9.17) is 10.6 Å². The fourth-order valence-electron chi connectivity index (χ4n) is 0.933. The van der Waals surface area contributed by atoms with E-state index >= 15 is 0 Å². The van der Waals surface area contributed by atoms with Crippen molar-refractivity contribution in [2.24, 2.45) is 5.84 Å². The Morgan fingerprint density at radius 2 is 2.00 bits per heavy atom. The van der Waals surface area contributed by atoms with Crippen molar-refractivity contribution >= 4 is 23.6 Å². The molecule has 94 valence electrons. The Labute approximate surface area is 100 Å². The highest BCUT2D eigenvalue weighted by Gasteiger charge is 2.15. The standard InChI is InChI=1S/C10H20N2O3S/c1-10(2,3)15-9(14)7-16-6-4-5-8(13)12-11/h4-7,11H2,1-3H3,(H,12,13). The molecule has 0 aromatic rings. The molecule has 0 saturated carbocycles. The van der Waals surface area contributed by atoms with Crippen LogP contribution in [0.1, 0.15) is 33.6 Å². The van der Waals surface area contributed by atoms with Crippen molar-refractivity contribution in [2.45, 2.75) is 39.2 Å². The van der Waals surface area contributed by atoms with Crippen molar-refractivity contribution in [1.29, 1.82) is 0 Å². The summed E-state index contributed by atoms with van der Waals surface area (Å²) in [6.45, 7) is 5.50. The van der Waals surface area contributed by atoms with E-state index in [0.29, 0.717) is 18.6 Å². The average Bonchev–Trinajstić information content (AvgIpc) is 2.14. The van der Waals surface area contributed by atoms with Crippen LogP contribution in [0, 0.1) is 0 Å². The van der Waals surface area contributed by atoms with E-state index in [0.717, 1.165) is 5.75 Å². The molecule has 0 atom stereocenters. The van der Waals surface area contributed by atoms with Crippen LogP contribution in [0.5, 0.6) is 0 Å². The first kappa shape index (κ1) is 15.2. The first-order chi connectivity index (χ1) is 7.35. The summed E-state index contributed by atoms with van der Waals surface area (Å²) >= 11 is 1.46. The van der Waals surface area contributed by atoms with Crippen molar-refractivity contribution in [3.05, 3.63) is 0 Å². The van der Waals surface area contributed by atoms with E-state index in [9.17, 15) is 9.59 Å². The average molecular weight is 248 g/mol. The summed E-state index contributed by atoms with van der Waals surface area (Å²) in [7, 11) is 0. The number of thioether (sulfide) groups is 1. The molecule has 16 heavy (non-hydrogen) atoms. The molecule has 6 heteroatoms. The molecule has 0 aromatic heterocycles. The van der Waals surface area contributed by atoms with Crippen LogP contribution in [0.3, 0.4) is 0 Å². The third-order valence-electron chi connectivity index (χ3n) is 1.49. The lowest BCUT2D eigenvalue weighted by molar-refractivity contribution is -0.151. The first-order valence-corrected chi connectivity index (χ1v) is 6.29. The molecule has 0 aliphatic heterocycles. The van der Waals surface area contributed by atoms with Gasteiger partial charge in [0.1, 0.15) is 5.60 Å². The lowest BCUT2D eigenvalue weighted by Crippen LogP contribution is -2.29. The molecule has 0 radical (unpaired) electrons. The number of nitrogens with two attached hydrogens (primary N) is 1. The monoisotopic (exact) mass is 248 g/mol. The number of esters is 1. The molecule has 0 fully saturated rings. The zero-order valence-electron chi connectivity index (χ0n) is 10.0. The molecule has 0 rings (SSSR count). The van der Waals surface area contributed by atoms with Crippen LogP contribution in [0.15, 0.2) is 0 Å². The molecule has 0 spiro atoms. The number of hydrogen-bond acceptors (Lipinski definition) is 5. The Morgan fingerprint density at radius 3 is 2.50 bits per heavy atom. The van der Waals surface area contributed by atoms with Gasteiger partial charge in [0.2, 0.25) is 5.91 Å². The summed E-state index contributed by atoms with van der Waals surface area (Å²) in [6, 6.07) is 0. The van der Waals surface area contributed by atoms with Gasteiger partial charge in [0, 0.05) is 6.42 Å². The number of hydrazine groups is 1. The number of rotatable bonds is 6. The van der Waals surface area contributed by atoms with Gasteiger partial charge in [0.25, 0.3) is 0 Å².